The van der Waals surface area contributed by atoms with Gasteiger partial charge < -0.3 is 5.32 Å². The first-order chi connectivity index (χ1) is 10.3. The molecule has 0 aliphatic heterocycles. The van der Waals surface area contributed by atoms with E-state index in [1.54, 1.807) is 19.2 Å². The van der Waals surface area contributed by atoms with Crippen LogP contribution in [0.15, 0.2) is 29.2 Å². The molecule has 1 N–H and O–H groups in total. The van der Waals surface area contributed by atoms with Crippen LogP contribution in [0.25, 0.3) is 0 Å². The predicted octanol–water partition coefficient (Wildman–Crippen LogP) is 2.49. The zero-order valence-corrected chi connectivity index (χ0v) is 14.6. The zero-order valence-electron chi connectivity index (χ0n) is 13.8. The van der Waals surface area contributed by atoms with Crippen molar-refractivity contribution in [2.45, 2.75) is 38.5 Å². The van der Waals surface area contributed by atoms with Crippen molar-refractivity contribution in [3.05, 3.63) is 29.8 Å². The summed E-state index contributed by atoms with van der Waals surface area (Å²) in [5, 5.41) is 2.79. The van der Waals surface area contributed by atoms with Crippen LogP contribution in [0.1, 0.15) is 44.0 Å². The number of benzene rings is 1. The third-order valence-corrected chi connectivity index (χ3v) is 5.15. The van der Waals surface area contributed by atoms with E-state index in [4.69, 9.17) is 0 Å². The van der Waals surface area contributed by atoms with Gasteiger partial charge in [-0.1, -0.05) is 33.3 Å². The fraction of sp³-hybridized carbons (Fsp3) is 0.562. The number of hydrogen-bond acceptors (Lipinski definition) is 3. The summed E-state index contributed by atoms with van der Waals surface area (Å²) in [6.07, 6.45) is 1.74. The molecule has 124 valence electrons. The molecule has 0 heterocycles. The SMILES string of the molecule is CCCCN(C)S(=O)(=O)c1cccc(C(=O)NCC(C)C)c1. The van der Waals surface area contributed by atoms with Crippen LogP contribution in [0.5, 0.6) is 0 Å². The number of nitrogens with zero attached hydrogens (tertiary/aromatic N) is 1. The van der Waals surface area contributed by atoms with Crippen LogP contribution >= 0.6 is 0 Å². The van der Waals surface area contributed by atoms with Gasteiger partial charge in [0.1, 0.15) is 0 Å². The second-order valence-electron chi connectivity index (χ2n) is 5.81. The Morgan fingerprint density at radius 1 is 1.32 bits per heavy atom. The van der Waals surface area contributed by atoms with Gasteiger partial charge in [-0.3, -0.25) is 4.79 Å². The van der Waals surface area contributed by atoms with Gasteiger partial charge in [0.25, 0.3) is 5.91 Å². The standard InChI is InChI=1S/C16H26N2O3S/c1-5-6-10-18(4)22(20,21)15-9-7-8-14(11-15)16(19)17-12-13(2)3/h7-9,11,13H,5-6,10,12H2,1-4H3,(H,17,19). The van der Waals surface area contributed by atoms with Gasteiger partial charge in [0.05, 0.1) is 4.90 Å². The van der Waals surface area contributed by atoms with Gasteiger partial charge in [-0.2, -0.15) is 0 Å². The van der Waals surface area contributed by atoms with E-state index in [-0.39, 0.29) is 10.8 Å². The molecule has 0 saturated heterocycles. The summed E-state index contributed by atoms with van der Waals surface area (Å²) in [7, 11) is -1.98. The Labute approximate surface area is 133 Å². The second kappa shape index (κ2) is 8.29. The summed E-state index contributed by atoms with van der Waals surface area (Å²) in [4.78, 5) is 12.2. The number of rotatable bonds is 8. The highest BCUT2D eigenvalue weighted by molar-refractivity contribution is 7.89. The van der Waals surface area contributed by atoms with Crippen molar-refractivity contribution in [2.24, 2.45) is 5.92 Å². The first-order valence-electron chi connectivity index (χ1n) is 7.63. The van der Waals surface area contributed by atoms with Crippen LogP contribution < -0.4 is 5.32 Å². The summed E-state index contributed by atoms with van der Waals surface area (Å²) in [6, 6.07) is 6.19. The van der Waals surface area contributed by atoms with E-state index in [1.807, 2.05) is 20.8 Å². The molecule has 0 aliphatic carbocycles. The molecule has 1 amide bonds. The normalized spacial score (nSPS) is 11.9. The van der Waals surface area contributed by atoms with Crippen molar-refractivity contribution in [3.63, 3.8) is 0 Å². The Balaban J connectivity index is 2.93. The molecule has 6 heteroatoms. The highest BCUT2D eigenvalue weighted by atomic mass is 32.2. The van der Waals surface area contributed by atoms with Gasteiger partial charge in [0.2, 0.25) is 10.0 Å². The highest BCUT2D eigenvalue weighted by Gasteiger charge is 2.21. The molecular formula is C16H26N2O3S. The third-order valence-electron chi connectivity index (χ3n) is 3.30. The van der Waals surface area contributed by atoms with Gasteiger partial charge in [0, 0.05) is 25.7 Å². The third kappa shape index (κ3) is 5.10. The molecule has 0 radical (unpaired) electrons. The number of hydrogen-bond donors (Lipinski definition) is 1. The number of unbranched alkanes of at least 4 members (excludes halogenated alkanes) is 1. The minimum Gasteiger partial charge on any atom is -0.352 e. The highest BCUT2D eigenvalue weighted by Crippen LogP contribution is 2.16. The average molecular weight is 326 g/mol. The van der Waals surface area contributed by atoms with Crippen LogP contribution in [0, 0.1) is 5.92 Å². The van der Waals surface area contributed by atoms with E-state index in [2.05, 4.69) is 5.32 Å². The van der Waals surface area contributed by atoms with Crippen molar-refractivity contribution in [3.8, 4) is 0 Å². The lowest BCUT2D eigenvalue weighted by molar-refractivity contribution is 0.0949. The predicted molar refractivity (Wildman–Crippen MR) is 88.3 cm³/mol. The Hall–Kier alpha value is -1.40. The Kier molecular flexibility index (Phi) is 7.03. The molecule has 1 rings (SSSR count). The van der Waals surface area contributed by atoms with Crippen LogP contribution in [0.4, 0.5) is 0 Å². The molecule has 0 aromatic heterocycles. The van der Waals surface area contributed by atoms with E-state index in [0.717, 1.165) is 12.8 Å². The molecule has 0 fully saturated rings. The van der Waals surface area contributed by atoms with Gasteiger partial charge in [-0.25, -0.2) is 12.7 Å². The second-order valence-corrected chi connectivity index (χ2v) is 7.86. The maximum atomic E-state index is 12.5. The molecule has 1 aromatic rings. The summed E-state index contributed by atoms with van der Waals surface area (Å²) < 4.78 is 26.3. The lowest BCUT2D eigenvalue weighted by atomic mass is 10.2. The van der Waals surface area contributed by atoms with Crippen molar-refractivity contribution >= 4 is 15.9 Å². The van der Waals surface area contributed by atoms with Gasteiger partial charge >= 0.3 is 0 Å². The minimum atomic E-state index is -3.55. The first-order valence-corrected chi connectivity index (χ1v) is 9.07. The first kappa shape index (κ1) is 18.6. The van der Waals surface area contributed by atoms with Crippen molar-refractivity contribution in [1.82, 2.24) is 9.62 Å². The Morgan fingerprint density at radius 2 is 2.00 bits per heavy atom. The molecule has 0 bridgehead atoms. The Bertz CT molecular complexity index is 597. The van der Waals surface area contributed by atoms with Crippen molar-refractivity contribution < 1.29 is 13.2 Å². The molecule has 0 saturated carbocycles. The fourth-order valence-corrected chi connectivity index (χ4v) is 3.13. The largest absolute Gasteiger partial charge is 0.352 e. The number of nitrogens with one attached hydrogen (secondary N) is 1. The maximum absolute atomic E-state index is 12.5. The quantitative estimate of drug-likeness (QED) is 0.798. The van der Waals surface area contributed by atoms with E-state index < -0.39 is 10.0 Å². The van der Waals surface area contributed by atoms with Crippen LogP contribution in [0.3, 0.4) is 0 Å². The smallest absolute Gasteiger partial charge is 0.251 e. The van der Waals surface area contributed by atoms with Crippen LogP contribution in [0.2, 0.25) is 0 Å². The summed E-state index contributed by atoms with van der Waals surface area (Å²) in [5.41, 5.74) is 0.366. The maximum Gasteiger partial charge on any atom is 0.251 e. The number of sulfonamides is 1. The van der Waals surface area contributed by atoms with E-state index >= 15 is 0 Å². The Morgan fingerprint density at radius 3 is 2.59 bits per heavy atom. The van der Waals surface area contributed by atoms with Gasteiger partial charge in [-0.15, -0.1) is 0 Å². The zero-order chi connectivity index (χ0) is 16.8. The van der Waals surface area contributed by atoms with Crippen molar-refractivity contribution in [1.29, 1.82) is 0 Å². The minimum absolute atomic E-state index is 0.156. The van der Waals surface area contributed by atoms with E-state index in [0.29, 0.717) is 24.6 Å². The molecule has 5 nitrogen and oxygen atoms in total. The lowest BCUT2D eigenvalue weighted by Crippen LogP contribution is -2.29. The molecular weight excluding hydrogens is 300 g/mol. The van der Waals surface area contributed by atoms with Crippen LogP contribution in [-0.2, 0) is 10.0 Å². The summed E-state index contributed by atoms with van der Waals surface area (Å²) in [5.74, 6) is 0.0954. The summed E-state index contributed by atoms with van der Waals surface area (Å²) >= 11 is 0. The topological polar surface area (TPSA) is 66.5 Å². The number of amides is 1. The van der Waals surface area contributed by atoms with Gasteiger partial charge in [-0.05, 0) is 30.5 Å². The van der Waals surface area contributed by atoms with E-state index in [1.165, 1.54) is 16.4 Å². The van der Waals surface area contributed by atoms with Gasteiger partial charge in [0.15, 0.2) is 0 Å². The molecule has 0 unspecified atom stereocenters. The monoisotopic (exact) mass is 326 g/mol. The molecule has 1 aromatic carbocycles. The van der Waals surface area contributed by atoms with Crippen LogP contribution in [-0.4, -0.2) is 38.8 Å². The number of carbonyl (C=O) groups excluding carboxylic acids is 1. The fourth-order valence-electron chi connectivity index (χ4n) is 1.88. The molecule has 22 heavy (non-hydrogen) atoms. The summed E-state index contributed by atoms with van der Waals surface area (Å²) in [6.45, 7) is 7.06. The van der Waals surface area contributed by atoms with Crippen molar-refractivity contribution in [2.75, 3.05) is 20.1 Å². The molecule has 0 atom stereocenters. The molecule has 0 spiro atoms. The average Bonchev–Trinajstić information content (AvgIpc) is 2.50. The van der Waals surface area contributed by atoms with E-state index in [9.17, 15) is 13.2 Å². The molecule has 0 aliphatic rings. The number of carbonyl (C=O) groups is 1. The lowest BCUT2D eigenvalue weighted by Gasteiger charge is -2.17.